The number of amides is 2. The number of piperidine rings is 2. The van der Waals surface area contributed by atoms with E-state index in [0.717, 1.165) is 106 Å². The van der Waals surface area contributed by atoms with Crippen LogP contribution in [0.1, 0.15) is 116 Å². The van der Waals surface area contributed by atoms with Crippen LogP contribution in [0.5, 0.6) is 0 Å². The third kappa shape index (κ3) is 7.29. The fraction of sp³-hybridized carbons (Fsp3) is 0.625. The SMILES string of the molecule is CCCCC1CN(CC2CCCCC2)C(=O)OC12CCN(C1CCN(C(=O)c3c(C)ccc(-c4ccc(C(=O)O)cc4)c3C)CC1)CC2. The Morgan fingerprint density at radius 1 is 0.917 bits per heavy atom. The summed E-state index contributed by atoms with van der Waals surface area (Å²) < 4.78 is 6.47. The van der Waals surface area contributed by atoms with Gasteiger partial charge in [-0.3, -0.25) is 9.69 Å². The highest BCUT2D eigenvalue weighted by molar-refractivity contribution is 5.99. The normalized spacial score (nSPS) is 22.6. The molecular formula is C40H55N3O5. The van der Waals surface area contributed by atoms with E-state index in [1.165, 1.54) is 38.5 Å². The van der Waals surface area contributed by atoms with E-state index in [-0.39, 0.29) is 23.2 Å². The number of ether oxygens (including phenoxy) is 1. The number of nitrogens with zero attached hydrogens (tertiary/aromatic N) is 3. The summed E-state index contributed by atoms with van der Waals surface area (Å²) in [6, 6.07) is 11.3. The van der Waals surface area contributed by atoms with Gasteiger partial charge in [0.1, 0.15) is 5.60 Å². The molecule has 2 aromatic rings. The number of likely N-dealkylation sites (tertiary alicyclic amines) is 2. The van der Waals surface area contributed by atoms with Gasteiger partial charge >= 0.3 is 12.1 Å². The highest BCUT2D eigenvalue weighted by Gasteiger charge is 2.50. The van der Waals surface area contributed by atoms with Crippen LogP contribution in [-0.4, -0.2) is 88.7 Å². The summed E-state index contributed by atoms with van der Waals surface area (Å²) in [7, 11) is 0. The molecule has 3 aliphatic heterocycles. The summed E-state index contributed by atoms with van der Waals surface area (Å²) in [5.41, 5.74) is 4.42. The molecule has 2 amide bonds. The third-order valence-electron chi connectivity index (χ3n) is 12.1. The van der Waals surface area contributed by atoms with Crippen molar-refractivity contribution in [1.82, 2.24) is 14.7 Å². The molecule has 3 saturated heterocycles. The van der Waals surface area contributed by atoms with Crippen LogP contribution < -0.4 is 0 Å². The van der Waals surface area contributed by atoms with Crippen LogP contribution in [0, 0.1) is 25.7 Å². The Morgan fingerprint density at radius 3 is 2.25 bits per heavy atom. The second-order valence-corrected chi connectivity index (χ2v) is 15.1. The number of carboxylic acid groups (broad SMARTS) is 1. The second-order valence-electron chi connectivity index (χ2n) is 15.1. The molecule has 4 aliphatic rings. The Balaban J connectivity index is 1.06. The predicted molar refractivity (Wildman–Crippen MR) is 188 cm³/mol. The topological polar surface area (TPSA) is 90.4 Å². The lowest BCUT2D eigenvalue weighted by Gasteiger charge is -2.52. The first-order valence-electron chi connectivity index (χ1n) is 18.6. The molecule has 1 unspecified atom stereocenters. The number of carbonyl (C=O) groups is 3. The van der Waals surface area contributed by atoms with Crippen molar-refractivity contribution in [3.63, 3.8) is 0 Å². The zero-order valence-corrected chi connectivity index (χ0v) is 29.3. The Morgan fingerprint density at radius 2 is 1.60 bits per heavy atom. The molecule has 1 saturated carbocycles. The first kappa shape index (κ1) is 34.5. The molecule has 1 spiro atoms. The van der Waals surface area contributed by atoms with Crippen molar-refractivity contribution in [2.75, 3.05) is 39.3 Å². The molecule has 1 aliphatic carbocycles. The van der Waals surface area contributed by atoms with Gasteiger partial charge in [-0.05, 0) is 86.3 Å². The van der Waals surface area contributed by atoms with Gasteiger partial charge < -0.3 is 19.6 Å². The smallest absolute Gasteiger partial charge is 0.410 e. The average molecular weight is 658 g/mol. The number of benzene rings is 2. The van der Waals surface area contributed by atoms with Crippen LogP contribution >= 0.6 is 0 Å². The minimum atomic E-state index is -0.949. The maximum atomic E-state index is 13.9. The number of aromatic carboxylic acids is 1. The summed E-state index contributed by atoms with van der Waals surface area (Å²) in [5.74, 6) is 0.158. The van der Waals surface area contributed by atoms with Crippen molar-refractivity contribution in [1.29, 1.82) is 0 Å². The van der Waals surface area contributed by atoms with Gasteiger partial charge in [-0.15, -0.1) is 0 Å². The Kier molecular flexibility index (Phi) is 10.8. The van der Waals surface area contributed by atoms with E-state index in [9.17, 15) is 19.5 Å². The number of hydrogen-bond acceptors (Lipinski definition) is 5. The van der Waals surface area contributed by atoms with Crippen LogP contribution in [0.25, 0.3) is 11.1 Å². The minimum absolute atomic E-state index is 0.0794. The van der Waals surface area contributed by atoms with E-state index in [0.29, 0.717) is 17.9 Å². The molecule has 48 heavy (non-hydrogen) atoms. The molecular weight excluding hydrogens is 602 g/mol. The number of carboxylic acids is 1. The van der Waals surface area contributed by atoms with Crippen LogP contribution in [0.2, 0.25) is 0 Å². The van der Waals surface area contributed by atoms with Crippen molar-refractivity contribution >= 4 is 18.0 Å². The molecule has 0 radical (unpaired) electrons. The number of rotatable bonds is 9. The average Bonchev–Trinajstić information content (AvgIpc) is 3.10. The molecule has 3 heterocycles. The monoisotopic (exact) mass is 657 g/mol. The Bertz CT molecular complexity index is 1450. The van der Waals surface area contributed by atoms with Crippen LogP contribution in [0.4, 0.5) is 4.79 Å². The van der Waals surface area contributed by atoms with Crippen molar-refractivity contribution < 1.29 is 24.2 Å². The van der Waals surface area contributed by atoms with E-state index in [2.05, 4.69) is 16.7 Å². The quantitative estimate of drug-likeness (QED) is 0.295. The Hall–Kier alpha value is -3.39. The molecule has 0 aromatic heterocycles. The molecule has 6 rings (SSSR count). The van der Waals surface area contributed by atoms with Crippen molar-refractivity contribution in [2.24, 2.45) is 11.8 Å². The first-order valence-corrected chi connectivity index (χ1v) is 18.6. The van der Waals surface area contributed by atoms with Crippen molar-refractivity contribution in [3.8, 4) is 11.1 Å². The van der Waals surface area contributed by atoms with Crippen LogP contribution in [-0.2, 0) is 4.74 Å². The van der Waals surface area contributed by atoms with Gasteiger partial charge in [0, 0.05) is 69.6 Å². The summed E-state index contributed by atoms with van der Waals surface area (Å²) >= 11 is 0. The number of hydrogen-bond donors (Lipinski definition) is 1. The molecule has 1 N–H and O–H groups in total. The molecule has 2 aromatic carbocycles. The molecule has 8 nitrogen and oxygen atoms in total. The summed E-state index contributed by atoms with van der Waals surface area (Å²) in [6.07, 6.45) is 13.5. The third-order valence-corrected chi connectivity index (χ3v) is 12.1. The fourth-order valence-corrected chi connectivity index (χ4v) is 9.12. The van der Waals surface area contributed by atoms with Gasteiger partial charge in [0.15, 0.2) is 0 Å². The molecule has 1 atom stereocenters. The van der Waals surface area contributed by atoms with E-state index < -0.39 is 5.97 Å². The van der Waals surface area contributed by atoms with Crippen molar-refractivity contribution in [3.05, 3.63) is 58.7 Å². The summed E-state index contributed by atoms with van der Waals surface area (Å²) in [4.78, 5) is 45.3. The largest absolute Gasteiger partial charge is 0.478 e. The van der Waals surface area contributed by atoms with Gasteiger partial charge in [-0.2, -0.15) is 0 Å². The molecule has 4 fully saturated rings. The first-order chi connectivity index (χ1) is 23.2. The van der Waals surface area contributed by atoms with Gasteiger partial charge in [-0.25, -0.2) is 9.59 Å². The van der Waals surface area contributed by atoms with Crippen LogP contribution in [0.3, 0.4) is 0 Å². The fourth-order valence-electron chi connectivity index (χ4n) is 9.12. The molecule has 0 bridgehead atoms. The lowest BCUT2D eigenvalue weighted by Crippen LogP contribution is -2.61. The number of carbonyl (C=O) groups excluding carboxylic acids is 2. The van der Waals surface area contributed by atoms with Gasteiger partial charge in [0.25, 0.3) is 5.91 Å². The van der Waals surface area contributed by atoms with E-state index in [1.807, 2.05) is 43.0 Å². The van der Waals surface area contributed by atoms with Crippen molar-refractivity contribution in [2.45, 2.75) is 109 Å². The predicted octanol–water partition coefficient (Wildman–Crippen LogP) is 7.95. The second kappa shape index (κ2) is 15.0. The maximum absolute atomic E-state index is 13.9. The van der Waals surface area contributed by atoms with E-state index in [1.54, 1.807) is 12.1 Å². The van der Waals surface area contributed by atoms with Crippen LogP contribution in [0.15, 0.2) is 36.4 Å². The summed E-state index contributed by atoms with van der Waals surface area (Å²) in [6.45, 7) is 11.3. The lowest BCUT2D eigenvalue weighted by atomic mass is 9.75. The number of unbranched alkanes of at least 4 members (excludes halogenated alkanes) is 1. The standard InChI is InChI=1S/C40H55N3O5/c1-4-5-11-33-27-43(26-30-9-7-6-8-10-30)39(47)48-40(33)20-24-41(25-21-40)34-18-22-42(23-19-34)37(44)36-28(2)12-17-35(29(36)3)31-13-15-32(16-14-31)38(45)46/h12-17,30,33-34H,4-11,18-27H2,1-3H3,(H,45,46). The molecule has 8 heteroatoms. The minimum Gasteiger partial charge on any atom is -0.478 e. The van der Waals surface area contributed by atoms with E-state index >= 15 is 0 Å². The maximum Gasteiger partial charge on any atom is 0.410 e. The summed E-state index contributed by atoms with van der Waals surface area (Å²) in [5, 5.41) is 9.29. The van der Waals surface area contributed by atoms with Gasteiger partial charge in [-0.1, -0.05) is 63.3 Å². The zero-order chi connectivity index (χ0) is 33.8. The van der Waals surface area contributed by atoms with Gasteiger partial charge in [0.2, 0.25) is 0 Å². The van der Waals surface area contributed by atoms with E-state index in [4.69, 9.17) is 4.74 Å². The zero-order valence-electron chi connectivity index (χ0n) is 29.3. The Labute approximate surface area is 286 Å². The number of aryl methyl sites for hydroxylation is 1. The highest BCUT2D eigenvalue weighted by atomic mass is 16.6. The van der Waals surface area contributed by atoms with Gasteiger partial charge in [0.05, 0.1) is 5.56 Å². The lowest BCUT2D eigenvalue weighted by molar-refractivity contribution is -0.127. The highest BCUT2D eigenvalue weighted by Crippen LogP contribution is 2.42. The molecule has 260 valence electrons.